The van der Waals surface area contributed by atoms with E-state index in [0.717, 1.165) is 31.5 Å². The number of ketones is 1. The number of hydrogen-bond acceptors (Lipinski definition) is 6. The number of rotatable bonds is 10. The average Bonchev–Trinajstić information content (AvgIpc) is 3.39. The highest BCUT2D eigenvalue weighted by Crippen LogP contribution is 2.33. The molecule has 2 aromatic carbocycles. The summed E-state index contributed by atoms with van der Waals surface area (Å²) in [6.07, 6.45) is 2.41. The Bertz CT molecular complexity index is 1020. The van der Waals surface area contributed by atoms with Crippen molar-refractivity contribution in [1.82, 2.24) is 10.2 Å². The van der Waals surface area contributed by atoms with Gasteiger partial charge in [-0.05, 0) is 57.0 Å². The predicted octanol–water partition coefficient (Wildman–Crippen LogP) is 3.68. The molecule has 2 N–H and O–H groups in total. The quantitative estimate of drug-likeness (QED) is 0.398. The van der Waals surface area contributed by atoms with Gasteiger partial charge in [-0.25, -0.2) is 0 Å². The number of carbonyl (C=O) groups excluding carboxylic acids is 2. The molecule has 7 heteroatoms. The van der Waals surface area contributed by atoms with Gasteiger partial charge in [0.25, 0.3) is 0 Å². The first kappa shape index (κ1) is 25.2. The van der Waals surface area contributed by atoms with Crippen LogP contribution in [0.4, 0.5) is 0 Å². The summed E-state index contributed by atoms with van der Waals surface area (Å²) in [4.78, 5) is 29.0. The molecule has 4 rings (SSSR count). The smallest absolute Gasteiger partial charge is 0.231 e. The average molecular weight is 481 g/mol. The van der Waals surface area contributed by atoms with E-state index in [9.17, 15) is 14.7 Å². The topological polar surface area (TPSA) is 88.1 Å². The molecule has 3 atom stereocenters. The van der Waals surface area contributed by atoms with Crippen LogP contribution in [0.2, 0.25) is 0 Å². The van der Waals surface area contributed by atoms with Crippen LogP contribution in [0.25, 0.3) is 0 Å². The molecule has 2 heterocycles. The van der Waals surface area contributed by atoms with Gasteiger partial charge >= 0.3 is 0 Å². The number of likely N-dealkylation sites (tertiary alicyclic amines) is 1. The molecule has 2 aliphatic rings. The van der Waals surface area contributed by atoms with Crippen LogP contribution in [0.5, 0.6) is 11.5 Å². The van der Waals surface area contributed by atoms with E-state index in [1.54, 1.807) is 24.3 Å². The third kappa shape index (κ3) is 6.21. The zero-order valence-electron chi connectivity index (χ0n) is 20.7. The molecule has 2 aliphatic heterocycles. The van der Waals surface area contributed by atoms with E-state index < -0.39 is 18.1 Å². The SMILES string of the molecule is CCCC(C(=O)NC(CN1CCCC1)C(O)c1ccc2c(c1)OCCO2)C(=O)c1ccc(C)cc1. The molecular weight excluding hydrogens is 444 g/mol. The van der Waals surface area contributed by atoms with E-state index in [4.69, 9.17) is 9.47 Å². The number of nitrogens with one attached hydrogen (secondary N) is 1. The third-order valence-corrected chi connectivity index (χ3v) is 6.82. The van der Waals surface area contributed by atoms with Gasteiger partial charge in [0, 0.05) is 12.1 Å². The van der Waals surface area contributed by atoms with Crippen LogP contribution in [0, 0.1) is 12.8 Å². The number of amides is 1. The fourth-order valence-corrected chi connectivity index (χ4v) is 4.82. The Morgan fingerprint density at radius 2 is 1.71 bits per heavy atom. The Kier molecular flexibility index (Phi) is 8.42. The molecule has 0 aromatic heterocycles. The summed E-state index contributed by atoms with van der Waals surface area (Å²) in [7, 11) is 0. The van der Waals surface area contributed by atoms with Crippen LogP contribution in [-0.4, -0.2) is 60.6 Å². The summed E-state index contributed by atoms with van der Waals surface area (Å²) in [5.41, 5.74) is 2.24. The standard InChI is InChI=1S/C28H36N2O5/c1-3-6-22(26(31)20-9-7-19(2)8-10-20)28(33)29-23(18-30-13-4-5-14-30)27(32)21-11-12-24-25(17-21)35-16-15-34-24/h7-12,17,22-23,27,32H,3-6,13-16,18H2,1-2H3,(H,29,33). The molecule has 0 spiro atoms. The number of fused-ring (bicyclic) bond motifs is 1. The highest BCUT2D eigenvalue weighted by molar-refractivity contribution is 6.10. The zero-order valence-corrected chi connectivity index (χ0v) is 20.7. The molecule has 7 nitrogen and oxygen atoms in total. The monoisotopic (exact) mass is 480 g/mol. The van der Waals surface area contributed by atoms with Crippen molar-refractivity contribution >= 4 is 11.7 Å². The maximum atomic E-state index is 13.5. The Morgan fingerprint density at radius 3 is 2.40 bits per heavy atom. The van der Waals surface area contributed by atoms with E-state index in [0.29, 0.717) is 55.2 Å². The number of hydrogen-bond donors (Lipinski definition) is 2. The van der Waals surface area contributed by atoms with E-state index >= 15 is 0 Å². The zero-order chi connectivity index (χ0) is 24.8. The van der Waals surface area contributed by atoms with Crippen molar-refractivity contribution in [1.29, 1.82) is 0 Å². The summed E-state index contributed by atoms with van der Waals surface area (Å²) >= 11 is 0. The van der Waals surface area contributed by atoms with E-state index in [-0.39, 0.29) is 11.7 Å². The predicted molar refractivity (Wildman–Crippen MR) is 134 cm³/mol. The van der Waals surface area contributed by atoms with Crippen molar-refractivity contribution < 1.29 is 24.2 Å². The molecule has 0 aliphatic carbocycles. The summed E-state index contributed by atoms with van der Waals surface area (Å²) in [5.74, 6) is -0.0657. The van der Waals surface area contributed by atoms with Crippen LogP contribution in [0.15, 0.2) is 42.5 Å². The molecule has 1 saturated heterocycles. The first-order chi connectivity index (χ1) is 17.0. The van der Waals surface area contributed by atoms with Gasteiger partial charge in [-0.15, -0.1) is 0 Å². The Morgan fingerprint density at radius 1 is 1.03 bits per heavy atom. The second-order valence-corrected chi connectivity index (χ2v) is 9.54. The molecule has 2 aromatic rings. The summed E-state index contributed by atoms with van der Waals surface area (Å²) in [5, 5.41) is 14.4. The van der Waals surface area contributed by atoms with Crippen LogP contribution in [0.3, 0.4) is 0 Å². The fourth-order valence-electron chi connectivity index (χ4n) is 4.82. The number of aliphatic hydroxyl groups excluding tert-OH is 1. The first-order valence-electron chi connectivity index (χ1n) is 12.7. The molecule has 0 bridgehead atoms. The molecular formula is C28H36N2O5. The lowest BCUT2D eigenvalue weighted by molar-refractivity contribution is -0.125. The van der Waals surface area contributed by atoms with Crippen LogP contribution in [-0.2, 0) is 4.79 Å². The van der Waals surface area contributed by atoms with Crippen molar-refractivity contribution in [2.45, 2.75) is 51.7 Å². The van der Waals surface area contributed by atoms with E-state index in [1.807, 2.05) is 32.0 Å². The third-order valence-electron chi connectivity index (χ3n) is 6.82. The molecule has 0 saturated carbocycles. The molecule has 1 amide bonds. The summed E-state index contributed by atoms with van der Waals surface area (Å²) in [6, 6.07) is 12.1. The molecule has 0 radical (unpaired) electrons. The van der Waals surface area contributed by atoms with Gasteiger partial charge < -0.3 is 24.8 Å². The minimum Gasteiger partial charge on any atom is -0.486 e. The Hall–Kier alpha value is -2.90. The van der Waals surface area contributed by atoms with Gasteiger partial charge in [-0.2, -0.15) is 0 Å². The number of nitrogens with zero attached hydrogens (tertiary/aromatic N) is 1. The van der Waals surface area contributed by atoms with E-state index in [1.165, 1.54) is 0 Å². The van der Waals surface area contributed by atoms with E-state index in [2.05, 4.69) is 10.2 Å². The van der Waals surface area contributed by atoms with Gasteiger partial charge in [-0.1, -0.05) is 49.2 Å². The van der Waals surface area contributed by atoms with Gasteiger partial charge in [-0.3, -0.25) is 9.59 Å². The molecule has 1 fully saturated rings. The van der Waals surface area contributed by atoms with Crippen molar-refractivity contribution in [2.24, 2.45) is 5.92 Å². The van der Waals surface area contributed by atoms with Gasteiger partial charge in [0.1, 0.15) is 25.2 Å². The lowest BCUT2D eigenvalue weighted by atomic mass is 9.91. The fraction of sp³-hybridized carbons (Fsp3) is 0.500. The van der Waals surface area contributed by atoms with Gasteiger partial charge in [0.05, 0.1) is 6.04 Å². The summed E-state index contributed by atoms with van der Waals surface area (Å²) in [6.45, 7) is 7.26. The molecule has 188 valence electrons. The first-order valence-corrected chi connectivity index (χ1v) is 12.7. The minimum absolute atomic E-state index is 0.182. The Labute approximate surface area is 207 Å². The maximum Gasteiger partial charge on any atom is 0.231 e. The van der Waals surface area contributed by atoms with Crippen LogP contribution >= 0.6 is 0 Å². The minimum atomic E-state index is -0.952. The number of aryl methyl sites for hydroxylation is 1. The van der Waals surface area contributed by atoms with Crippen molar-refractivity contribution in [3.63, 3.8) is 0 Å². The number of Topliss-reactive ketones (excluding diaryl/α,β-unsaturated/α-hetero) is 1. The van der Waals surface area contributed by atoms with Gasteiger partial charge in [0.2, 0.25) is 5.91 Å². The summed E-state index contributed by atoms with van der Waals surface area (Å²) < 4.78 is 11.3. The van der Waals surface area contributed by atoms with Crippen molar-refractivity contribution in [3.8, 4) is 11.5 Å². The van der Waals surface area contributed by atoms with Crippen LogP contribution in [0.1, 0.15) is 60.2 Å². The normalized spacial score (nSPS) is 18.0. The highest BCUT2D eigenvalue weighted by atomic mass is 16.6. The molecule has 35 heavy (non-hydrogen) atoms. The second kappa shape index (κ2) is 11.7. The van der Waals surface area contributed by atoms with Crippen LogP contribution < -0.4 is 14.8 Å². The van der Waals surface area contributed by atoms with Crippen molar-refractivity contribution in [2.75, 3.05) is 32.8 Å². The lowest BCUT2D eigenvalue weighted by Crippen LogP contribution is -2.49. The second-order valence-electron chi connectivity index (χ2n) is 9.54. The number of ether oxygens (including phenoxy) is 2. The Balaban J connectivity index is 1.54. The number of aliphatic hydroxyl groups is 1. The van der Waals surface area contributed by atoms with Crippen molar-refractivity contribution in [3.05, 3.63) is 59.2 Å². The maximum absolute atomic E-state index is 13.5. The highest BCUT2D eigenvalue weighted by Gasteiger charge is 2.32. The number of carbonyl (C=O) groups is 2. The number of benzene rings is 2. The largest absolute Gasteiger partial charge is 0.486 e. The molecule has 3 unspecified atom stereocenters. The lowest BCUT2D eigenvalue weighted by Gasteiger charge is -2.30. The van der Waals surface area contributed by atoms with Gasteiger partial charge in [0.15, 0.2) is 17.3 Å².